The van der Waals surface area contributed by atoms with Crippen LogP contribution in [0.3, 0.4) is 0 Å². The van der Waals surface area contributed by atoms with E-state index in [2.05, 4.69) is 0 Å². The van der Waals surface area contributed by atoms with Gasteiger partial charge in [-0.05, 0) is 11.6 Å². The van der Waals surface area contributed by atoms with Gasteiger partial charge in [-0.25, -0.2) is 0 Å². The lowest BCUT2D eigenvalue weighted by molar-refractivity contribution is -0.104. The molecule has 1 aromatic rings. The number of aldehydes is 1. The standard InChI is InChI=1S/C9H8O.C2H6OS/c10-8-4-7-9-5-2-1-3-6-9;1-4(2)3/h1-8H;1-2H3. The molecule has 0 aliphatic carbocycles. The second kappa shape index (κ2) is 8.53. The second-order valence-corrected chi connectivity index (χ2v) is 4.13. The minimum atomic E-state index is -0.611. The highest BCUT2D eigenvalue weighted by Gasteiger charge is 1.79. The van der Waals surface area contributed by atoms with Gasteiger partial charge in [0.05, 0.1) is 12.5 Å². The lowest BCUT2D eigenvalue weighted by Crippen LogP contribution is -1.86. The van der Waals surface area contributed by atoms with Crippen LogP contribution in [0.4, 0.5) is 0 Å². The molecule has 1 rings (SSSR count). The topological polar surface area (TPSA) is 40.1 Å². The Morgan fingerprint density at radius 3 is 2.14 bits per heavy atom. The number of rotatable bonds is 2. The molecule has 0 radical (unpaired) electrons. The van der Waals surface area contributed by atoms with Gasteiger partial charge in [0, 0.05) is 0 Å². The van der Waals surface area contributed by atoms with Gasteiger partial charge in [-0.15, -0.1) is 0 Å². The Morgan fingerprint density at radius 2 is 1.71 bits per heavy atom. The molecule has 0 unspecified atom stereocenters. The predicted molar refractivity (Wildman–Crippen MR) is 61.5 cm³/mol. The van der Waals surface area contributed by atoms with Crippen LogP contribution in [0.5, 0.6) is 0 Å². The second-order valence-electron chi connectivity index (χ2n) is 2.65. The average molecular weight is 210 g/mol. The zero-order valence-corrected chi connectivity index (χ0v) is 9.16. The average Bonchev–Trinajstić information content (AvgIpc) is 2.15. The number of carbonyl (C=O) groups is 1. The summed E-state index contributed by atoms with van der Waals surface area (Å²) < 4.78 is 9.56. The summed E-state index contributed by atoms with van der Waals surface area (Å²) >= 11 is -0.611. The Bertz CT molecular complexity index is 265. The Morgan fingerprint density at radius 1 is 1.21 bits per heavy atom. The van der Waals surface area contributed by atoms with E-state index in [0.717, 1.165) is 11.8 Å². The summed E-state index contributed by atoms with van der Waals surface area (Å²) in [4.78, 5) is 9.89. The smallest absolute Gasteiger partial charge is 0.142 e. The van der Waals surface area contributed by atoms with Crippen LogP contribution in [-0.4, -0.2) is 23.4 Å². The van der Waals surface area contributed by atoms with Crippen molar-refractivity contribution in [3.8, 4) is 0 Å². The lowest BCUT2D eigenvalue weighted by Gasteiger charge is -1.87. The highest BCUT2D eigenvalue weighted by molar-refractivity contribution is 7.89. The fraction of sp³-hybridized carbons (Fsp3) is 0.182. The molecule has 0 N–H and O–H groups in total. The maximum absolute atomic E-state index is 9.89. The molecule has 0 fully saturated rings. The Balaban J connectivity index is 0.000000364. The fourth-order valence-corrected chi connectivity index (χ4v) is 0.715. The number of allylic oxidation sites excluding steroid dienone is 1. The predicted octanol–water partition coefficient (Wildman–Crippen LogP) is 1.89. The highest BCUT2D eigenvalue weighted by atomic mass is 32.2. The number of hydrogen-bond acceptors (Lipinski definition) is 2. The molecular weight excluding hydrogens is 196 g/mol. The number of carbonyl (C=O) groups excluding carboxylic acids is 1. The molecule has 0 atom stereocenters. The summed E-state index contributed by atoms with van der Waals surface area (Å²) in [7, 11) is 0. The molecule has 0 spiro atoms. The third-order valence-electron chi connectivity index (χ3n) is 1.17. The van der Waals surface area contributed by atoms with Crippen molar-refractivity contribution in [2.75, 3.05) is 12.5 Å². The molecule has 2 nitrogen and oxygen atoms in total. The van der Waals surface area contributed by atoms with Gasteiger partial charge in [0.25, 0.3) is 0 Å². The van der Waals surface area contributed by atoms with Crippen LogP contribution in [0, 0.1) is 0 Å². The Labute approximate surface area is 87.8 Å². The van der Waals surface area contributed by atoms with Crippen molar-refractivity contribution in [1.29, 1.82) is 0 Å². The van der Waals surface area contributed by atoms with E-state index >= 15 is 0 Å². The number of benzene rings is 1. The molecule has 3 heteroatoms. The van der Waals surface area contributed by atoms with Crippen LogP contribution < -0.4 is 0 Å². The molecule has 14 heavy (non-hydrogen) atoms. The van der Waals surface area contributed by atoms with Crippen LogP contribution >= 0.6 is 0 Å². The van der Waals surface area contributed by atoms with E-state index in [1.165, 1.54) is 6.08 Å². The maximum atomic E-state index is 9.89. The van der Waals surface area contributed by atoms with Crippen LogP contribution in [0.1, 0.15) is 5.56 Å². The third-order valence-corrected chi connectivity index (χ3v) is 1.17. The summed E-state index contributed by atoms with van der Waals surface area (Å²) in [6.07, 6.45) is 7.30. The molecule has 0 aliphatic heterocycles. The molecule has 0 aromatic heterocycles. The normalized spacial score (nSPS) is 9.71. The van der Waals surface area contributed by atoms with Gasteiger partial charge in [-0.1, -0.05) is 47.6 Å². The van der Waals surface area contributed by atoms with Gasteiger partial charge in [-0.3, -0.25) is 4.79 Å². The van der Waals surface area contributed by atoms with E-state index in [0.29, 0.717) is 0 Å². The molecule has 76 valence electrons. The first-order valence-electron chi connectivity index (χ1n) is 4.08. The van der Waals surface area contributed by atoms with Crippen LogP contribution in [-0.2, 0) is 16.0 Å². The highest BCUT2D eigenvalue weighted by Crippen LogP contribution is 1.99. The van der Waals surface area contributed by atoms with Crippen molar-refractivity contribution in [1.82, 2.24) is 0 Å². The number of hydrogen-bond donors (Lipinski definition) is 0. The van der Waals surface area contributed by atoms with Gasteiger partial charge in [0.1, 0.15) is 6.29 Å². The Hall–Kier alpha value is -1.06. The van der Waals surface area contributed by atoms with Crippen LogP contribution in [0.15, 0.2) is 36.4 Å². The zero-order valence-electron chi connectivity index (χ0n) is 8.34. The first-order chi connectivity index (χ1) is 6.66. The van der Waals surface area contributed by atoms with Gasteiger partial charge in [-0.2, -0.15) is 0 Å². The van der Waals surface area contributed by atoms with Crippen molar-refractivity contribution in [3.63, 3.8) is 0 Å². The van der Waals surface area contributed by atoms with E-state index in [9.17, 15) is 9.35 Å². The van der Waals surface area contributed by atoms with Crippen molar-refractivity contribution < 1.29 is 9.35 Å². The molecule has 0 aliphatic rings. The van der Waals surface area contributed by atoms with Crippen molar-refractivity contribution in [2.45, 2.75) is 0 Å². The maximum Gasteiger partial charge on any atom is 0.142 e. The summed E-state index contributed by atoms with van der Waals surface area (Å²) in [6.45, 7) is 0. The first kappa shape index (κ1) is 12.9. The minimum Gasteiger partial charge on any atom is -0.617 e. The Kier molecular flexibility index (Phi) is 7.89. The zero-order chi connectivity index (χ0) is 10.8. The van der Waals surface area contributed by atoms with E-state index in [4.69, 9.17) is 0 Å². The lowest BCUT2D eigenvalue weighted by atomic mass is 10.2. The van der Waals surface area contributed by atoms with Gasteiger partial charge < -0.3 is 4.55 Å². The van der Waals surface area contributed by atoms with E-state index in [-0.39, 0.29) is 0 Å². The molecule has 0 heterocycles. The molecule has 0 amide bonds. The summed E-state index contributed by atoms with van der Waals surface area (Å²) in [6, 6.07) is 9.70. The molecule has 0 saturated heterocycles. The van der Waals surface area contributed by atoms with Gasteiger partial charge >= 0.3 is 0 Å². The van der Waals surface area contributed by atoms with Crippen LogP contribution in [0.25, 0.3) is 6.08 Å². The van der Waals surface area contributed by atoms with Crippen LogP contribution in [0.2, 0.25) is 0 Å². The molecule has 0 bridgehead atoms. The third kappa shape index (κ3) is 9.03. The monoisotopic (exact) mass is 210 g/mol. The fourth-order valence-electron chi connectivity index (χ4n) is 0.715. The van der Waals surface area contributed by atoms with Crippen molar-refractivity contribution in [2.24, 2.45) is 0 Å². The van der Waals surface area contributed by atoms with Gasteiger partial charge in [0.15, 0.2) is 0 Å². The van der Waals surface area contributed by atoms with Crippen molar-refractivity contribution >= 4 is 23.5 Å². The molecule has 1 aromatic carbocycles. The van der Waals surface area contributed by atoms with E-state index < -0.39 is 11.2 Å². The SMILES string of the molecule is C[S+](C)[O-].O=CC=Cc1ccccc1. The summed E-state index contributed by atoms with van der Waals surface area (Å²) in [5, 5.41) is 0. The minimum absolute atomic E-state index is 0.611. The summed E-state index contributed by atoms with van der Waals surface area (Å²) in [5.74, 6) is 0. The summed E-state index contributed by atoms with van der Waals surface area (Å²) in [5.41, 5.74) is 1.05. The first-order valence-corrected chi connectivity index (χ1v) is 6.05. The van der Waals surface area contributed by atoms with E-state index in [1.54, 1.807) is 18.6 Å². The largest absolute Gasteiger partial charge is 0.617 e. The molecule has 0 saturated carbocycles. The van der Waals surface area contributed by atoms with E-state index in [1.807, 2.05) is 30.3 Å². The quantitative estimate of drug-likeness (QED) is 0.425. The van der Waals surface area contributed by atoms with Crippen molar-refractivity contribution in [3.05, 3.63) is 42.0 Å². The molecular formula is C11H14O2S. The van der Waals surface area contributed by atoms with Gasteiger partial charge in [0.2, 0.25) is 0 Å².